The number of benzene rings is 1. The van der Waals surface area contributed by atoms with E-state index in [-0.39, 0.29) is 0 Å². The van der Waals surface area contributed by atoms with Crippen LogP contribution in [-0.2, 0) is 6.54 Å². The van der Waals surface area contributed by atoms with E-state index in [4.69, 9.17) is 5.73 Å². The molecule has 0 bridgehead atoms. The van der Waals surface area contributed by atoms with E-state index >= 15 is 0 Å². The van der Waals surface area contributed by atoms with Crippen LogP contribution >= 0.6 is 0 Å². The molecule has 2 aromatic rings. The van der Waals surface area contributed by atoms with Crippen molar-refractivity contribution in [3.05, 3.63) is 23.3 Å². The van der Waals surface area contributed by atoms with Gasteiger partial charge in [-0.25, -0.2) is 4.68 Å². The van der Waals surface area contributed by atoms with Crippen LogP contribution in [0.5, 0.6) is 0 Å². The SMILES string of the molecule is Cc1cc(C)c(-c2nnnn2CC(C)C(C)C)cc1N. The van der Waals surface area contributed by atoms with Gasteiger partial charge in [0.25, 0.3) is 0 Å². The van der Waals surface area contributed by atoms with Crippen molar-refractivity contribution >= 4 is 5.69 Å². The Hall–Kier alpha value is -1.91. The highest BCUT2D eigenvalue weighted by atomic mass is 15.5. The van der Waals surface area contributed by atoms with Gasteiger partial charge in [-0.1, -0.05) is 26.8 Å². The molecule has 108 valence electrons. The maximum absolute atomic E-state index is 6.02. The molecule has 0 amide bonds. The predicted octanol–water partition coefficient (Wildman–Crippen LogP) is 2.83. The van der Waals surface area contributed by atoms with Gasteiger partial charge in [-0.2, -0.15) is 0 Å². The second kappa shape index (κ2) is 5.61. The van der Waals surface area contributed by atoms with Crippen LogP contribution in [0.3, 0.4) is 0 Å². The Morgan fingerprint density at radius 1 is 1.15 bits per heavy atom. The van der Waals surface area contributed by atoms with Crippen molar-refractivity contribution in [1.82, 2.24) is 20.2 Å². The van der Waals surface area contributed by atoms with Crippen LogP contribution in [0, 0.1) is 25.7 Å². The Labute approximate surface area is 120 Å². The number of nitrogens with zero attached hydrogens (tertiary/aromatic N) is 4. The van der Waals surface area contributed by atoms with Gasteiger partial charge in [0.1, 0.15) is 0 Å². The summed E-state index contributed by atoms with van der Waals surface area (Å²) in [6.45, 7) is 11.5. The second-order valence-corrected chi connectivity index (χ2v) is 5.93. The number of tetrazole rings is 1. The normalized spacial score (nSPS) is 12.9. The second-order valence-electron chi connectivity index (χ2n) is 5.93. The highest BCUT2D eigenvalue weighted by Crippen LogP contribution is 2.26. The minimum atomic E-state index is 0.514. The maximum atomic E-state index is 6.02. The molecule has 1 heterocycles. The summed E-state index contributed by atoms with van der Waals surface area (Å²) in [5.41, 5.74) is 10.0. The standard InChI is InChI=1S/C15H23N5/c1-9(2)12(5)8-20-15(17-18-19-20)13-7-14(16)11(4)6-10(13)3/h6-7,9,12H,8,16H2,1-5H3. The van der Waals surface area contributed by atoms with Crippen LogP contribution in [0.25, 0.3) is 11.4 Å². The topological polar surface area (TPSA) is 69.6 Å². The average Bonchev–Trinajstić information content (AvgIpc) is 2.81. The van der Waals surface area contributed by atoms with Crippen molar-refractivity contribution in [2.24, 2.45) is 11.8 Å². The third-order valence-electron chi connectivity index (χ3n) is 3.98. The Morgan fingerprint density at radius 2 is 1.85 bits per heavy atom. The van der Waals surface area contributed by atoms with Crippen molar-refractivity contribution in [3.8, 4) is 11.4 Å². The number of hydrogen-bond acceptors (Lipinski definition) is 4. The Morgan fingerprint density at radius 3 is 2.50 bits per heavy atom. The van der Waals surface area contributed by atoms with Gasteiger partial charge in [0.05, 0.1) is 0 Å². The molecule has 5 heteroatoms. The van der Waals surface area contributed by atoms with E-state index in [1.54, 1.807) is 0 Å². The van der Waals surface area contributed by atoms with Gasteiger partial charge in [-0.3, -0.25) is 0 Å². The summed E-state index contributed by atoms with van der Waals surface area (Å²) in [7, 11) is 0. The third kappa shape index (κ3) is 2.81. The van der Waals surface area contributed by atoms with Gasteiger partial charge in [-0.15, -0.1) is 5.10 Å². The summed E-state index contributed by atoms with van der Waals surface area (Å²) < 4.78 is 1.88. The van der Waals surface area contributed by atoms with Crippen LogP contribution < -0.4 is 5.73 Å². The molecular formula is C15H23N5. The minimum absolute atomic E-state index is 0.514. The first-order valence-corrected chi connectivity index (χ1v) is 7.03. The fourth-order valence-corrected chi connectivity index (χ4v) is 2.11. The number of nitrogens with two attached hydrogens (primary N) is 1. The highest BCUT2D eigenvalue weighted by Gasteiger charge is 2.16. The van der Waals surface area contributed by atoms with Gasteiger partial charge < -0.3 is 5.73 Å². The van der Waals surface area contributed by atoms with Gasteiger partial charge >= 0.3 is 0 Å². The van der Waals surface area contributed by atoms with Crippen molar-refractivity contribution < 1.29 is 0 Å². The lowest BCUT2D eigenvalue weighted by molar-refractivity contribution is 0.347. The van der Waals surface area contributed by atoms with E-state index in [1.165, 1.54) is 0 Å². The molecule has 5 nitrogen and oxygen atoms in total. The highest BCUT2D eigenvalue weighted by molar-refractivity contribution is 5.67. The van der Waals surface area contributed by atoms with Gasteiger partial charge in [0, 0.05) is 17.8 Å². The van der Waals surface area contributed by atoms with E-state index in [1.807, 2.05) is 17.7 Å². The molecule has 0 fully saturated rings. The van der Waals surface area contributed by atoms with E-state index in [9.17, 15) is 0 Å². The average molecular weight is 273 g/mol. The molecule has 1 aromatic carbocycles. The van der Waals surface area contributed by atoms with Gasteiger partial charge in [0.15, 0.2) is 5.82 Å². The molecule has 2 N–H and O–H groups in total. The van der Waals surface area contributed by atoms with Gasteiger partial charge in [0.2, 0.25) is 0 Å². The van der Waals surface area contributed by atoms with Crippen molar-refractivity contribution in [1.29, 1.82) is 0 Å². The van der Waals surface area contributed by atoms with E-state index in [2.05, 4.69) is 49.3 Å². The number of anilines is 1. The largest absolute Gasteiger partial charge is 0.398 e. The number of hydrogen-bond donors (Lipinski definition) is 1. The van der Waals surface area contributed by atoms with Crippen molar-refractivity contribution in [2.45, 2.75) is 41.2 Å². The van der Waals surface area contributed by atoms with Crippen molar-refractivity contribution in [3.63, 3.8) is 0 Å². The molecule has 0 radical (unpaired) electrons. The van der Waals surface area contributed by atoms with Crippen LogP contribution in [0.2, 0.25) is 0 Å². The molecular weight excluding hydrogens is 250 g/mol. The molecule has 0 saturated carbocycles. The summed E-state index contributed by atoms with van der Waals surface area (Å²) in [6.07, 6.45) is 0. The molecule has 0 aliphatic carbocycles. The Bertz CT molecular complexity index is 600. The van der Waals surface area contributed by atoms with Crippen LogP contribution in [0.4, 0.5) is 5.69 Å². The molecule has 1 aromatic heterocycles. The van der Waals surface area contributed by atoms with E-state index < -0.39 is 0 Å². The molecule has 2 rings (SSSR count). The number of aryl methyl sites for hydroxylation is 2. The first-order valence-electron chi connectivity index (χ1n) is 7.03. The summed E-state index contributed by atoms with van der Waals surface area (Å²) >= 11 is 0. The minimum Gasteiger partial charge on any atom is -0.398 e. The molecule has 20 heavy (non-hydrogen) atoms. The third-order valence-corrected chi connectivity index (χ3v) is 3.98. The lowest BCUT2D eigenvalue weighted by Gasteiger charge is -2.16. The molecule has 1 atom stereocenters. The molecule has 0 aliphatic heterocycles. The lowest BCUT2D eigenvalue weighted by atomic mass is 9.98. The zero-order valence-electron chi connectivity index (χ0n) is 12.9. The fraction of sp³-hybridized carbons (Fsp3) is 0.533. The maximum Gasteiger partial charge on any atom is 0.182 e. The number of nitrogen functional groups attached to an aromatic ring is 1. The van der Waals surface area contributed by atoms with Crippen LogP contribution in [-0.4, -0.2) is 20.2 Å². The summed E-state index contributed by atoms with van der Waals surface area (Å²) in [5, 5.41) is 12.1. The Balaban J connectivity index is 2.40. The smallest absolute Gasteiger partial charge is 0.182 e. The first-order chi connectivity index (χ1) is 9.40. The zero-order valence-corrected chi connectivity index (χ0v) is 12.9. The lowest BCUT2D eigenvalue weighted by Crippen LogP contribution is -2.15. The summed E-state index contributed by atoms with van der Waals surface area (Å²) in [6, 6.07) is 4.04. The molecule has 1 unspecified atom stereocenters. The summed E-state index contributed by atoms with van der Waals surface area (Å²) in [4.78, 5) is 0. The summed E-state index contributed by atoms with van der Waals surface area (Å²) in [5.74, 6) is 1.90. The molecule has 0 aliphatic rings. The predicted molar refractivity (Wildman–Crippen MR) is 81.1 cm³/mol. The fourth-order valence-electron chi connectivity index (χ4n) is 2.11. The number of rotatable bonds is 4. The zero-order chi connectivity index (χ0) is 14.9. The van der Waals surface area contributed by atoms with Gasteiger partial charge in [-0.05, 0) is 53.3 Å². The molecule has 0 saturated heterocycles. The van der Waals surface area contributed by atoms with E-state index in [0.29, 0.717) is 11.8 Å². The number of aromatic nitrogens is 4. The van der Waals surface area contributed by atoms with Crippen LogP contribution in [0.15, 0.2) is 12.1 Å². The van der Waals surface area contributed by atoms with Crippen molar-refractivity contribution in [2.75, 3.05) is 5.73 Å². The first kappa shape index (κ1) is 14.5. The Kier molecular flexibility index (Phi) is 4.06. The quantitative estimate of drug-likeness (QED) is 0.870. The monoisotopic (exact) mass is 273 g/mol. The molecule has 0 spiro atoms. The van der Waals surface area contributed by atoms with E-state index in [0.717, 1.165) is 34.7 Å². The van der Waals surface area contributed by atoms with Crippen LogP contribution in [0.1, 0.15) is 31.9 Å².